The van der Waals surface area contributed by atoms with Crippen molar-refractivity contribution in [3.63, 3.8) is 0 Å². The van der Waals surface area contributed by atoms with Crippen LogP contribution in [0.2, 0.25) is 5.02 Å². The van der Waals surface area contributed by atoms with E-state index in [-0.39, 0.29) is 11.7 Å². The van der Waals surface area contributed by atoms with Gasteiger partial charge in [0.2, 0.25) is 0 Å². The fourth-order valence-corrected chi connectivity index (χ4v) is 4.36. The summed E-state index contributed by atoms with van der Waals surface area (Å²) in [6.07, 6.45) is 1.54. The third-order valence-electron chi connectivity index (χ3n) is 5.29. The number of carbonyl (C=O) groups is 1. The first-order valence-corrected chi connectivity index (χ1v) is 13.0. The van der Waals surface area contributed by atoms with Crippen molar-refractivity contribution in [3.8, 4) is 34.3 Å². The van der Waals surface area contributed by atoms with Crippen molar-refractivity contribution in [1.29, 1.82) is 0 Å². The van der Waals surface area contributed by atoms with Crippen molar-refractivity contribution < 1.29 is 19.0 Å². The normalized spacial score (nSPS) is 10.9. The lowest BCUT2D eigenvalue weighted by atomic mass is 10.2. The number of carbonyl (C=O) groups excluding carboxylic acids is 1. The lowest BCUT2D eigenvalue weighted by Gasteiger charge is -2.11. The highest BCUT2D eigenvalue weighted by Gasteiger charge is 2.17. The van der Waals surface area contributed by atoms with E-state index in [9.17, 15) is 4.79 Å². The van der Waals surface area contributed by atoms with Crippen LogP contribution in [-0.4, -0.2) is 53.5 Å². The molecule has 4 rings (SSSR count). The number of halogens is 1. The first-order valence-electron chi connectivity index (χ1n) is 11.6. The molecule has 0 aliphatic rings. The standard InChI is InChI=1S/C27H26ClN5O4S/c1-4-37-23-14-5-18(15-24(23)36-3)16-29-30-25(34)17-38-27-32-31-26(19-6-12-22(35-2)13-7-19)33(27)21-10-8-20(28)9-11-21/h5-16H,4,17H2,1-3H3,(H,30,34)/b29-16-. The Bertz CT molecular complexity index is 1410. The molecule has 1 amide bonds. The van der Waals surface area contributed by atoms with Gasteiger partial charge in [0, 0.05) is 16.3 Å². The Morgan fingerprint density at radius 1 is 1.03 bits per heavy atom. The Morgan fingerprint density at radius 3 is 2.47 bits per heavy atom. The molecular weight excluding hydrogens is 526 g/mol. The number of hydrogen-bond acceptors (Lipinski definition) is 8. The van der Waals surface area contributed by atoms with Gasteiger partial charge in [-0.05, 0) is 79.2 Å². The van der Waals surface area contributed by atoms with Crippen molar-refractivity contribution in [2.45, 2.75) is 12.1 Å². The highest BCUT2D eigenvalue weighted by Crippen LogP contribution is 2.30. The van der Waals surface area contributed by atoms with Crippen LogP contribution >= 0.6 is 23.4 Å². The Morgan fingerprint density at radius 2 is 1.79 bits per heavy atom. The molecule has 0 atom stereocenters. The molecule has 0 radical (unpaired) electrons. The summed E-state index contributed by atoms with van der Waals surface area (Å²) in [5, 5.41) is 14.0. The highest BCUT2D eigenvalue weighted by molar-refractivity contribution is 7.99. The first kappa shape index (κ1) is 27.0. The molecule has 0 bridgehead atoms. The quantitative estimate of drug-likeness (QED) is 0.154. The molecule has 1 aromatic heterocycles. The van der Waals surface area contributed by atoms with Crippen LogP contribution in [0.4, 0.5) is 0 Å². The minimum atomic E-state index is -0.291. The topological polar surface area (TPSA) is 99.9 Å². The van der Waals surface area contributed by atoms with Gasteiger partial charge >= 0.3 is 0 Å². The average molecular weight is 552 g/mol. The number of rotatable bonds is 11. The summed E-state index contributed by atoms with van der Waals surface area (Å²) in [7, 11) is 3.19. The Balaban J connectivity index is 1.47. The zero-order valence-corrected chi connectivity index (χ0v) is 22.6. The number of aromatic nitrogens is 3. The Labute approximate surface area is 229 Å². The van der Waals surface area contributed by atoms with E-state index in [0.29, 0.717) is 34.1 Å². The lowest BCUT2D eigenvalue weighted by molar-refractivity contribution is -0.118. The van der Waals surface area contributed by atoms with E-state index in [4.69, 9.17) is 25.8 Å². The van der Waals surface area contributed by atoms with Crippen molar-refractivity contribution >= 4 is 35.5 Å². The molecule has 0 aliphatic heterocycles. The SMILES string of the molecule is CCOc1ccc(/C=N\NC(=O)CSc2nnc(-c3ccc(OC)cc3)n2-c2ccc(Cl)cc2)cc1OC. The summed E-state index contributed by atoms with van der Waals surface area (Å²) in [6, 6.07) is 20.3. The second-order valence-electron chi connectivity index (χ2n) is 7.77. The molecule has 0 aliphatic carbocycles. The molecule has 9 nitrogen and oxygen atoms in total. The van der Waals surface area contributed by atoms with Crippen LogP contribution in [0.5, 0.6) is 17.2 Å². The fourth-order valence-electron chi connectivity index (χ4n) is 3.49. The smallest absolute Gasteiger partial charge is 0.250 e. The molecule has 0 saturated heterocycles. The second-order valence-corrected chi connectivity index (χ2v) is 9.15. The lowest BCUT2D eigenvalue weighted by Crippen LogP contribution is -2.20. The maximum Gasteiger partial charge on any atom is 0.250 e. The maximum atomic E-state index is 12.5. The van der Waals surface area contributed by atoms with Gasteiger partial charge in [-0.3, -0.25) is 9.36 Å². The van der Waals surface area contributed by atoms with Crippen molar-refractivity contribution in [2.75, 3.05) is 26.6 Å². The first-order chi connectivity index (χ1) is 18.5. The van der Waals surface area contributed by atoms with Gasteiger partial charge in [-0.25, -0.2) is 5.43 Å². The number of hydrazone groups is 1. The van der Waals surface area contributed by atoms with E-state index in [1.165, 1.54) is 11.8 Å². The molecule has 38 heavy (non-hydrogen) atoms. The van der Waals surface area contributed by atoms with Gasteiger partial charge in [0.1, 0.15) is 5.75 Å². The van der Waals surface area contributed by atoms with Gasteiger partial charge in [0.05, 0.1) is 32.8 Å². The predicted octanol–water partition coefficient (Wildman–Crippen LogP) is 5.25. The molecule has 4 aromatic rings. The summed E-state index contributed by atoms with van der Waals surface area (Å²) in [4.78, 5) is 12.5. The van der Waals surface area contributed by atoms with E-state index in [2.05, 4.69) is 20.7 Å². The summed E-state index contributed by atoms with van der Waals surface area (Å²) in [6.45, 7) is 2.44. The van der Waals surface area contributed by atoms with Crippen molar-refractivity contribution in [1.82, 2.24) is 20.2 Å². The average Bonchev–Trinajstić information content (AvgIpc) is 3.37. The highest BCUT2D eigenvalue weighted by atomic mass is 35.5. The van der Waals surface area contributed by atoms with Crippen LogP contribution in [0.3, 0.4) is 0 Å². The summed E-state index contributed by atoms with van der Waals surface area (Å²) in [5.41, 5.74) is 4.96. The van der Waals surface area contributed by atoms with Crippen LogP contribution in [-0.2, 0) is 4.79 Å². The van der Waals surface area contributed by atoms with Crippen LogP contribution in [0.1, 0.15) is 12.5 Å². The van der Waals surface area contributed by atoms with Crippen LogP contribution < -0.4 is 19.6 Å². The zero-order chi connectivity index (χ0) is 26.9. The summed E-state index contributed by atoms with van der Waals surface area (Å²) < 4.78 is 18.0. The number of thioether (sulfide) groups is 1. The van der Waals surface area contributed by atoms with E-state index >= 15 is 0 Å². The third-order valence-corrected chi connectivity index (χ3v) is 6.47. The van der Waals surface area contributed by atoms with Gasteiger partial charge in [-0.1, -0.05) is 23.4 Å². The molecular formula is C27H26ClN5O4S. The number of methoxy groups -OCH3 is 2. The molecule has 1 N–H and O–H groups in total. The second kappa shape index (κ2) is 13.0. The minimum absolute atomic E-state index is 0.0816. The van der Waals surface area contributed by atoms with Gasteiger partial charge in [-0.2, -0.15) is 5.10 Å². The Kier molecular flexibility index (Phi) is 9.23. The molecule has 1 heterocycles. The van der Waals surface area contributed by atoms with Gasteiger partial charge in [0.15, 0.2) is 22.5 Å². The van der Waals surface area contributed by atoms with E-state index in [1.807, 2.05) is 54.0 Å². The van der Waals surface area contributed by atoms with E-state index < -0.39 is 0 Å². The number of benzene rings is 3. The molecule has 0 spiro atoms. The Hall–Kier alpha value is -4.02. The number of ether oxygens (including phenoxy) is 3. The number of nitrogens with one attached hydrogen (secondary N) is 1. The van der Waals surface area contributed by atoms with Crippen LogP contribution in [0.15, 0.2) is 77.0 Å². The monoisotopic (exact) mass is 551 g/mol. The molecule has 11 heteroatoms. The fraction of sp³-hybridized carbons (Fsp3) is 0.185. The van der Waals surface area contributed by atoms with Crippen LogP contribution in [0.25, 0.3) is 17.1 Å². The predicted molar refractivity (Wildman–Crippen MR) is 149 cm³/mol. The maximum absolute atomic E-state index is 12.5. The third kappa shape index (κ3) is 6.64. The molecule has 196 valence electrons. The number of nitrogens with zero attached hydrogens (tertiary/aromatic N) is 4. The molecule has 0 saturated carbocycles. The molecule has 0 unspecified atom stereocenters. The summed E-state index contributed by atoms with van der Waals surface area (Å²) >= 11 is 7.34. The van der Waals surface area contributed by atoms with E-state index in [1.54, 1.807) is 44.7 Å². The minimum Gasteiger partial charge on any atom is -0.497 e. The number of hydrogen-bond donors (Lipinski definition) is 1. The van der Waals surface area contributed by atoms with Gasteiger partial charge in [-0.15, -0.1) is 10.2 Å². The molecule has 3 aromatic carbocycles. The van der Waals surface area contributed by atoms with Gasteiger partial charge in [0.25, 0.3) is 5.91 Å². The van der Waals surface area contributed by atoms with E-state index in [0.717, 1.165) is 22.6 Å². The number of amides is 1. The van der Waals surface area contributed by atoms with Crippen molar-refractivity contribution in [2.24, 2.45) is 5.10 Å². The van der Waals surface area contributed by atoms with Crippen molar-refractivity contribution in [3.05, 3.63) is 77.3 Å². The largest absolute Gasteiger partial charge is 0.497 e. The summed E-state index contributed by atoms with van der Waals surface area (Å²) in [5.74, 6) is 2.39. The van der Waals surface area contributed by atoms with Crippen LogP contribution in [0, 0.1) is 0 Å². The van der Waals surface area contributed by atoms with Gasteiger partial charge < -0.3 is 14.2 Å². The molecule has 0 fully saturated rings. The zero-order valence-electron chi connectivity index (χ0n) is 21.1.